The molecule has 0 bridgehead atoms. The number of para-hydroxylation sites is 1. The fraction of sp³-hybridized carbons (Fsp3) is 0.407. The van der Waals surface area contributed by atoms with E-state index in [2.05, 4.69) is 61.8 Å². The van der Waals surface area contributed by atoms with Gasteiger partial charge in [-0.1, -0.05) is 69.8 Å². The second-order valence-electron chi connectivity index (χ2n) is 9.47. The van der Waals surface area contributed by atoms with E-state index in [9.17, 15) is 9.59 Å². The molecule has 1 aliphatic rings. The van der Waals surface area contributed by atoms with Gasteiger partial charge in [-0.05, 0) is 42.0 Å². The Labute approximate surface area is 200 Å². The molecule has 174 valence electrons. The molecule has 0 aliphatic carbocycles. The van der Waals surface area contributed by atoms with Gasteiger partial charge in [0.25, 0.3) is 0 Å². The smallest absolute Gasteiger partial charge is 0.247 e. The summed E-state index contributed by atoms with van der Waals surface area (Å²) in [5.74, 6) is 0.996. The monoisotopic (exact) mass is 463 g/mol. The van der Waals surface area contributed by atoms with Gasteiger partial charge in [-0.25, -0.2) is 0 Å². The first-order valence-corrected chi connectivity index (χ1v) is 12.7. The molecule has 0 spiro atoms. The van der Waals surface area contributed by atoms with E-state index in [1.165, 1.54) is 17.3 Å². The molecule has 0 saturated heterocycles. The summed E-state index contributed by atoms with van der Waals surface area (Å²) < 4.78 is 2.11. The molecule has 1 aliphatic heterocycles. The van der Waals surface area contributed by atoms with Gasteiger partial charge in [0.1, 0.15) is 6.04 Å². The fourth-order valence-corrected chi connectivity index (χ4v) is 5.52. The minimum Gasteiger partial charge on any atom is -0.354 e. The van der Waals surface area contributed by atoms with Gasteiger partial charge in [0.2, 0.25) is 11.8 Å². The Morgan fingerprint density at radius 1 is 1.09 bits per heavy atom. The number of rotatable bonds is 6. The van der Waals surface area contributed by atoms with Crippen molar-refractivity contribution in [2.24, 2.45) is 13.0 Å². The summed E-state index contributed by atoms with van der Waals surface area (Å²) in [6.07, 6.45) is 0.895. The average molecular weight is 464 g/mol. The number of nitrogens with zero attached hydrogens (tertiary/aromatic N) is 2. The van der Waals surface area contributed by atoms with Crippen molar-refractivity contribution < 1.29 is 9.59 Å². The lowest BCUT2D eigenvalue weighted by Gasteiger charge is -2.30. The van der Waals surface area contributed by atoms with Crippen LogP contribution in [-0.4, -0.2) is 28.7 Å². The second kappa shape index (κ2) is 9.64. The van der Waals surface area contributed by atoms with E-state index >= 15 is 0 Å². The first-order valence-electron chi connectivity index (χ1n) is 11.7. The molecule has 0 radical (unpaired) electrons. The minimum absolute atomic E-state index is 0.0541. The molecular formula is C27H33N3O2S. The molecule has 2 amide bonds. The molecule has 1 unspecified atom stereocenters. The molecule has 4 rings (SSSR count). The van der Waals surface area contributed by atoms with Gasteiger partial charge >= 0.3 is 0 Å². The fourth-order valence-electron chi connectivity index (χ4n) is 4.45. The molecule has 3 aromatic rings. The van der Waals surface area contributed by atoms with E-state index in [-0.39, 0.29) is 11.8 Å². The highest BCUT2D eigenvalue weighted by molar-refractivity contribution is 8.00. The first-order chi connectivity index (χ1) is 15.8. The maximum absolute atomic E-state index is 13.7. The molecule has 2 aromatic carbocycles. The summed E-state index contributed by atoms with van der Waals surface area (Å²) in [5, 5.41) is 5.12. The zero-order valence-electron chi connectivity index (χ0n) is 20.1. The Bertz CT molecular complexity index is 1160. The van der Waals surface area contributed by atoms with Crippen LogP contribution in [0.1, 0.15) is 57.2 Å². The number of carbonyl (C=O) groups excluding carboxylic acids is 2. The second-order valence-corrected chi connectivity index (χ2v) is 10.4. The Kier molecular flexibility index (Phi) is 6.84. The van der Waals surface area contributed by atoms with Crippen LogP contribution in [0.15, 0.2) is 53.6 Å². The average Bonchev–Trinajstić information content (AvgIpc) is 2.96. The van der Waals surface area contributed by atoms with E-state index in [0.29, 0.717) is 24.1 Å². The summed E-state index contributed by atoms with van der Waals surface area (Å²) in [7, 11) is 2.01. The molecule has 1 atom stereocenters. The quantitative estimate of drug-likeness (QED) is 0.514. The lowest BCUT2D eigenvalue weighted by Crippen LogP contribution is -2.44. The SMILES string of the molecule is CC(C)CCNC(=O)C1c2c(n(C)c3ccccc23)SCC(=O)N1c1ccc(C(C)C)cc1. The van der Waals surface area contributed by atoms with Gasteiger partial charge in [-0.3, -0.25) is 14.5 Å². The number of anilines is 1. The van der Waals surface area contributed by atoms with Crippen LogP contribution in [0.2, 0.25) is 0 Å². The van der Waals surface area contributed by atoms with Crippen LogP contribution in [0.3, 0.4) is 0 Å². The van der Waals surface area contributed by atoms with Crippen LogP contribution in [0.5, 0.6) is 0 Å². The van der Waals surface area contributed by atoms with Crippen LogP contribution < -0.4 is 10.2 Å². The Morgan fingerprint density at radius 2 is 1.79 bits per heavy atom. The normalized spacial score (nSPS) is 16.4. The number of thioether (sulfide) groups is 1. The first kappa shape index (κ1) is 23.4. The highest BCUT2D eigenvalue weighted by Gasteiger charge is 2.39. The molecule has 5 nitrogen and oxygen atoms in total. The lowest BCUT2D eigenvalue weighted by atomic mass is 10.00. The predicted molar refractivity (Wildman–Crippen MR) is 137 cm³/mol. The standard InChI is InChI=1S/C27H33N3O2S/c1-17(2)14-15-28-26(32)25-24-21-8-6-7-9-22(21)29(5)27(24)33-16-23(31)30(25)20-12-10-19(11-13-20)18(3)4/h6-13,17-18,25H,14-16H2,1-5H3,(H,28,32). The lowest BCUT2D eigenvalue weighted by molar-refractivity contribution is -0.125. The number of benzene rings is 2. The third kappa shape index (κ3) is 4.54. The molecule has 1 N–H and O–H groups in total. The summed E-state index contributed by atoms with van der Waals surface area (Å²) in [6, 6.07) is 15.5. The largest absolute Gasteiger partial charge is 0.354 e. The zero-order valence-corrected chi connectivity index (χ0v) is 20.9. The van der Waals surface area contributed by atoms with Crippen LogP contribution in [-0.2, 0) is 16.6 Å². The van der Waals surface area contributed by atoms with Crippen molar-refractivity contribution in [3.8, 4) is 0 Å². The molecule has 0 saturated carbocycles. The molecular weight excluding hydrogens is 430 g/mol. The summed E-state index contributed by atoms with van der Waals surface area (Å²) in [4.78, 5) is 28.9. The van der Waals surface area contributed by atoms with Crippen molar-refractivity contribution in [3.05, 3.63) is 59.7 Å². The molecule has 6 heteroatoms. The van der Waals surface area contributed by atoms with Crippen molar-refractivity contribution in [1.82, 2.24) is 9.88 Å². The Balaban J connectivity index is 1.86. The number of aryl methyl sites for hydroxylation is 1. The Hall–Kier alpha value is -2.73. The topological polar surface area (TPSA) is 54.3 Å². The third-order valence-electron chi connectivity index (χ3n) is 6.33. The van der Waals surface area contributed by atoms with Gasteiger partial charge in [0.15, 0.2) is 0 Å². The highest BCUT2D eigenvalue weighted by atomic mass is 32.2. The summed E-state index contributed by atoms with van der Waals surface area (Å²) in [5.41, 5.74) is 3.95. The summed E-state index contributed by atoms with van der Waals surface area (Å²) in [6.45, 7) is 9.17. The van der Waals surface area contributed by atoms with Gasteiger partial charge in [0, 0.05) is 35.7 Å². The summed E-state index contributed by atoms with van der Waals surface area (Å²) >= 11 is 1.52. The van der Waals surface area contributed by atoms with E-state index in [0.717, 1.165) is 33.6 Å². The van der Waals surface area contributed by atoms with Crippen molar-refractivity contribution in [2.45, 2.75) is 51.1 Å². The van der Waals surface area contributed by atoms with Gasteiger partial charge in [-0.15, -0.1) is 0 Å². The van der Waals surface area contributed by atoms with Crippen LogP contribution in [0.4, 0.5) is 5.69 Å². The number of aromatic nitrogens is 1. The number of hydrogen-bond acceptors (Lipinski definition) is 3. The van der Waals surface area contributed by atoms with Crippen molar-refractivity contribution in [3.63, 3.8) is 0 Å². The third-order valence-corrected chi connectivity index (χ3v) is 7.49. The minimum atomic E-state index is -0.717. The highest BCUT2D eigenvalue weighted by Crippen LogP contribution is 2.43. The number of fused-ring (bicyclic) bond motifs is 3. The maximum Gasteiger partial charge on any atom is 0.247 e. The van der Waals surface area contributed by atoms with E-state index < -0.39 is 6.04 Å². The number of nitrogens with one attached hydrogen (secondary N) is 1. The van der Waals surface area contributed by atoms with Gasteiger partial charge in [0.05, 0.1) is 10.8 Å². The van der Waals surface area contributed by atoms with Gasteiger partial charge in [-0.2, -0.15) is 0 Å². The van der Waals surface area contributed by atoms with Crippen LogP contribution in [0, 0.1) is 5.92 Å². The van der Waals surface area contributed by atoms with Crippen molar-refractivity contribution in [2.75, 3.05) is 17.2 Å². The maximum atomic E-state index is 13.7. The van der Waals surface area contributed by atoms with Crippen molar-refractivity contribution >= 4 is 40.2 Å². The molecule has 0 fully saturated rings. The van der Waals surface area contributed by atoms with Crippen LogP contribution >= 0.6 is 11.8 Å². The van der Waals surface area contributed by atoms with E-state index in [1.807, 2.05) is 31.3 Å². The van der Waals surface area contributed by atoms with Gasteiger partial charge < -0.3 is 9.88 Å². The predicted octanol–water partition coefficient (Wildman–Crippen LogP) is 5.64. The van der Waals surface area contributed by atoms with E-state index in [1.54, 1.807) is 4.90 Å². The Morgan fingerprint density at radius 3 is 2.45 bits per heavy atom. The zero-order chi connectivity index (χ0) is 23.7. The number of hydrogen-bond donors (Lipinski definition) is 1. The molecule has 2 heterocycles. The van der Waals surface area contributed by atoms with Crippen LogP contribution in [0.25, 0.3) is 10.9 Å². The molecule has 1 aromatic heterocycles. The van der Waals surface area contributed by atoms with E-state index in [4.69, 9.17) is 0 Å². The van der Waals surface area contributed by atoms with Crippen molar-refractivity contribution in [1.29, 1.82) is 0 Å². The number of amides is 2. The molecule has 33 heavy (non-hydrogen) atoms. The number of carbonyl (C=O) groups is 2.